The van der Waals surface area contributed by atoms with E-state index >= 15 is 0 Å². The van der Waals surface area contributed by atoms with Crippen molar-refractivity contribution in [3.05, 3.63) is 33.9 Å². The fraction of sp³-hybridized carbons (Fsp3) is 0.333. The summed E-state index contributed by atoms with van der Waals surface area (Å²) in [7, 11) is 0. The molecule has 0 aromatic heterocycles. The topological polar surface area (TPSA) is 116 Å². The van der Waals surface area contributed by atoms with Crippen molar-refractivity contribution in [3.63, 3.8) is 0 Å². The summed E-state index contributed by atoms with van der Waals surface area (Å²) >= 11 is 0. The standard InChI is InChI=1S/C12H13NO7/c1-7(14)19-9-3-4-10(11(16)6-13(17)18)12(5-9)20-8(2)15/h3-5,11,16H,6H2,1-2H3. The predicted octanol–water partition coefficient (Wildman–Crippen LogP) is 0.847. The van der Waals surface area contributed by atoms with Crippen LogP contribution in [0.2, 0.25) is 0 Å². The van der Waals surface area contributed by atoms with Crippen molar-refractivity contribution in [1.82, 2.24) is 0 Å². The maximum Gasteiger partial charge on any atom is 0.308 e. The van der Waals surface area contributed by atoms with Crippen molar-refractivity contribution in [3.8, 4) is 11.5 Å². The lowest BCUT2D eigenvalue weighted by Gasteiger charge is -2.13. The number of hydrogen-bond acceptors (Lipinski definition) is 7. The van der Waals surface area contributed by atoms with E-state index in [1.165, 1.54) is 25.1 Å². The monoisotopic (exact) mass is 283 g/mol. The molecule has 0 aliphatic carbocycles. The Hall–Kier alpha value is -2.48. The summed E-state index contributed by atoms with van der Waals surface area (Å²) < 4.78 is 9.66. The third-order valence-corrected chi connectivity index (χ3v) is 2.18. The number of benzene rings is 1. The zero-order valence-electron chi connectivity index (χ0n) is 10.9. The molecule has 0 spiro atoms. The second kappa shape index (κ2) is 6.62. The molecule has 1 aromatic rings. The molecule has 0 aliphatic heterocycles. The maximum atomic E-state index is 11.0. The number of nitro groups is 1. The SMILES string of the molecule is CC(=O)Oc1ccc(C(O)C[N+](=O)[O-])c(OC(C)=O)c1. The average Bonchev–Trinajstić information content (AvgIpc) is 2.26. The van der Waals surface area contributed by atoms with E-state index in [1.807, 2.05) is 0 Å². The van der Waals surface area contributed by atoms with Crippen LogP contribution in [0, 0.1) is 10.1 Å². The highest BCUT2D eigenvalue weighted by Gasteiger charge is 2.20. The van der Waals surface area contributed by atoms with E-state index in [2.05, 4.69) is 0 Å². The maximum absolute atomic E-state index is 11.0. The Labute approximate surface area is 114 Å². The quantitative estimate of drug-likeness (QED) is 0.368. The number of ether oxygens (including phenoxy) is 2. The van der Waals surface area contributed by atoms with Gasteiger partial charge in [0, 0.05) is 30.4 Å². The van der Waals surface area contributed by atoms with Gasteiger partial charge in [0.05, 0.1) is 0 Å². The van der Waals surface area contributed by atoms with Crippen LogP contribution in [0.4, 0.5) is 0 Å². The molecule has 0 saturated heterocycles. The summed E-state index contributed by atoms with van der Waals surface area (Å²) in [6.45, 7) is 1.60. The summed E-state index contributed by atoms with van der Waals surface area (Å²) in [4.78, 5) is 31.5. The van der Waals surface area contributed by atoms with Crippen LogP contribution >= 0.6 is 0 Å². The van der Waals surface area contributed by atoms with Crippen LogP contribution in [0.5, 0.6) is 11.5 Å². The lowest BCUT2D eigenvalue weighted by molar-refractivity contribution is -0.491. The first-order valence-corrected chi connectivity index (χ1v) is 5.60. The third kappa shape index (κ3) is 4.65. The Balaban J connectivity index is 3.11. The highest BCUT2D eigenvalue weighted by atomic mass is 16.6. The van der Waals surface area contributed by atoms with Gasteiger partial charge in [-0.2, -0.15) is 0 Å². The van der Waals surface area contributed by atoms with Crippen LogP contribution in [0.25, 0.3) is 0 Å². The molecule has 8 nitrogen and oxygen atoms in total. The Morgan fingerprint density at radius 1 is 1.30 bits per heavy atom. The lowest BCUT2D eigenvalue weighted by Crippen LogP contribution is -2.14. The van der Waals surface area contributed by atoms with Crippen molar-refractivity contribution < 1.29 is 29.1 Å². The molecule has 0 aliphatic rings. The van der Waals surface area contributed by atoms with Crippen LogP contribution < -0.4 is 9.47 Å². The fourth-order valence-corrected chi connectivity index (χ4v) is 1.50. The molecule has 8 heteroatoms. The Morgan fingerprint density at radius 3 is 2.40 bits per heavy atom. The van der Waals surface area contributed by atoms with Gasteiger partial charge >= 0.3 is 11.9 Å². The van der Waals surface area contributed by atoms with Gasteiger partial charge in [0.1, 0.15) is 17.6 Å². The lowest BCUT2D eigenvalue weighted by atomic mass is 10.1. The molecule has 0 heterocycles. The number of esters is 2. The van der Waals surface area contributed by atoms with Crippen molar-refractivity contribution >= 4 is 11.9 Å². The van der Waals surface area contributed by atoms with Crippen LogP contribution in [0.15, 0.2) is 18.2 Å². The van der Waals surface area contributed by atoms with Gasteiger partial charge in [-0.15, -0.1) is 0 Å². The Kier molecular flexibility index (Phi) is 5.15. The minimum Gasteiger partial charge on any atom is -0.427 e. The molecule has 0 saturated carbocycles. The number of aliphatic hydroxyl groups is 1. The molecule has 0 bridgehead atoms. The highest BCUT2D eigenvalue weighted by molar-refractivity contribution is 5.71. The molecule has 1 aromatic carbocycles. The largest absolute Gasteiger partial charge is 0.427 e. The molecule has 0 fully saturated rings. The van der Waals surface area contributed by atoms with Gasteiger partial charge in [-0.1, -0.05) is 0 Å². The molecular formula is C12H13NO7. The van der Waals surface area contributed by atoms with Gasteiger partial charge in [-0.25, -0.2) is 0 Å². The van der Waals surface area contributed by atoms with Crippen LogP contribution in [0.3, 0.4) is 0 Å². The van der Waals surface area contributed by atoms with E-state index in [0.717, 1.165) is 6.92 Å². The van der Waals surface area contributed by atoms with E-state index in [1.54, 1.807) is 0 Å². The second-order valence-electron chi connectivity index (χ2n) is 3.92. The van der Waals surface area contributed by atoms with Crippen molar-refractivity contribution in [2.45, 2.75) is 20.0 Å². The van der Waals surface area contributed by atoms with Crippen molar-refractivity contribution in [2.75, 3.05) is 6.54 Å². The smallest absolute Gasteiger partial charge is 0.308 e. The van der Waals surface area contributed by atoms with Crippen molar-refractivity contribution in [2.24, 2.45) is 0 Å². The number of nitrogens with zero attached hydrogens (tertiary/aromatic N) is 1. The Morgan fingerprint density at radius 2 is 1.90 bits per heavy atom. The number of rotatable bonds is 5. The van der Waals surface area contributed by atoms with Crippen LogP contribution in [-0.2, 0) is 9.59 Å². The summed E-state index contributed by atoms with van der Waals surface area (Å²) in [5.74, 6) is -1.23. The number of carbonyl (C=O) groups is 2. The molecule has 0 radical (unpaired) electrons. The Bertz CT molecular complexity index is 541. The first kappa shape index (κ1) is 15.6. The summed E-state index contributed by atoms with van der Waals surface area (Å²) in [5.41, 5.74) is 0.0628. The van der Waals surface area contributed by atoms with E-state index in [-0.39, 0.29) is 17.1 Å². The van der Waals surface area contributed by atoms with Gasteiger partial charge < -0.3 is 14.6 Å². The van der Waals surface area contributed by atoms with E-state index in [9.17, 15) is 24.8 Å². The molecular weight excluding hydrogens is 270 g/mol. The molecule has 20 heavy (non-hydrogen) atoms. The molecule has 1 N–H and O–H groups in total. The van der Waals surface area contributed by atoms with Crippen molar-refractivity contribution in [1.29, 1.82) is 0 Å². The average molecular weight is 283 g/mol. The third-order valence-electron chi connectivity index (χ3n) is 2.18. The predicted molar refractivity (Wildman–Crippen MR) is 65.9 cm³/mol. The summed E-state index contributed by atoms with van der Waals surface area (Å²) in [5, 5.41) is 20.1. The zero-order valence-corrected chi connectivity index (χ0v) is 10.9. The first-order chi connectivity index (χ1) is 9.29. The molecule has 1 atom stereocenters. The van der Waals surface area contributed by atoms with Gasteiger partial charge in [0.2, 0.25) is 6.54 Å². The second-order valence-corrected chi connectivity index (χ2v) is 3.92. The van der Waals surface area contributed by atoms with Gasteiger partial charge in [-0.05, 0) is 12.1 Å². The molecule has 0 amide bonds. The summed E-state index contributed by atoms with van der Waals surface area (Å²) in [6.07, 6.45) is -1.44. The number of carbonyl (C=O) groups excluding carboxylic acids is 2. The minimum atomic E-state index is -1.44. The molecule has 1 unspecified atom stereocenters. The first-order valence-electron chi connectivity index (χ1n) is 5.60. The number of hydrogen-bond donors (Lipinski definition) is 1. The molecule has 108 valence electrons. The normalized spacial score (nSPS) is 11.6. The van der Waals surface area contributed by atoms with Crippen LogP contribution in [-0.4, -0.2) is 28.5 Å². The van der Waals surface area contributed by atoms with E-state index in [0.29, 0.717) is 0 Å². The minimum absolute atomic E-state index is 0.0628. The zero-order chi connectivity index (χ0) is 15.3. The van der Waals surface area contributed by atoms with E-state index in [4.69, 9.17) is 9.47 Å². The van der Waals surface area contributed by atoms with Crippen LogP contribution in [0.1, 0.15) is 25.5 Å². The highest BCUT2D eigenvalue weighted by Crippen LogP contribution is 2.30. The van der Waals surface area contributed by atoms with Gasteiger partial charge in [-0.3, -0.25) is 19.7 Å². The summed E-state index contributed by atoms with van der Waals surface area (Å²) in [6, 6.07) is 3.85. The van der Waals surface area contributed by atoms with Gasteiger partial charge in [0.25, 0.3) is 0 Å². The van der Waals surface area contributed by atoms with Gasteiger partial charge in [0.15, 0.2) is 0 Å². The van der Waals surface area contributed by atoms with E-state index < -0.39 is 29.5 Å². The number of aliphatic hydroxyl groups excluding tert-OH is 1. The molecule has 1 rings (SSSR count). The fourth-order valence-electron chi connectivity index (χ4n) is 1.50.